The first-order valence-electron chi connectivity index (χ1n) is 7.83. The Labute approximate surface area is 144 Å². The van der Waals surface area contributed by atoms with Crippen LogP contribution in [0.25, 0.3) is 0 Å². The second-order valence-corrected chi connectivity index (χ2v) is 6.07. The number of halogens is 2. The van der Waals surface area contributed by atoms with Crippen LogP contribution >= 0.6 is 0 Å². The lowest BCUT2D eigenvalue weighted by Crippen LogP contribution is -2.50. The fourth-order valence-corrected chi connectivity index (χ4v) is 2.39. The van der Waals surface area contributed by atoms with Gasteiger partial charge >= 0.3 is 0 Å². The van der Waals surface area contributed by atoms with Crippen LogP contribution in [0.2, 0.25) is 0 Å². The summed E-state index contributed by atoms with van der Waals surface area (Å²) in [5, 5.41) is 2.43. The largest absolute Gasteiger partial charge is 0.467 e. The van der Waals surface area contributed by atoms with Crippen molar-refractivity contribution >= 4 is 11.8 Å². The molecule has 0 saturated carbocycles. The number of benzene rings is 1. The number of likely N-dealkylation sites (N-methyl/N-ethyl adjacent to an activating group) is 1. The molecule has 1 atom stereocenters. The molecule has 0 unspecified atom stereocenters. The molecular weight excluding hydrogens is 330 g/mol. The standard InChI is InChI=1S/C18H20F2N2O3/c1-11(2)16(18(24)22(3)10-12-6-5-9-25-12)21-17(23)15-13(19)7-4-8-14(15)20/h4-9,11,16H,10H2,1-3H3,(H,21,23)/t16-/m0/s1. The topological polar surface area (TPSA) is 62.6 Å². The van der Waals surface area contributed by atoms with Crippen LogP contribution in [-0.4, -0.2) is 29.8 Å². The molecule has 2 aromatic rings. The van der Waals surface area contributed by atoms with Gasteiger partial charge in [-0.15, -0.1) is 0 Å². The number of hydrogen-bond acceptors (Lipinski definition) is 3. The van der Waals surface area contributed by atoms with E-state index in [1.54, 1.807) is 33.0 Å². The lowest BCUT2D eigenvalue weighted by molar-refractivity contribution is -0.133. The first kappa shape index (κ1) is 18.6. The van der Waals surface area contributed by atoms with E-state index in [4.69, 9.17) is 4.42 Å². The van der Waals surface area contributed by atoms with Gasteiger partial charge in [0.15, 0.2) is 0 Å². The summed E-state index contributed by atoms with van der Waals surface area (Å²) in [4.78, 5) is 26.3. The van der Waals surface area contributed by atoms with Gasteiger partial charge in [-0.2, -0.15) is 0 Å². The van der Waals surface area contributed by atoms with E-state index < -0.39 is 29.1 Å². The Morgan fingerprint density at radius 2 is 1.80 bits per heavy atom. The highest BCUT2D eigenvalue weighted by atomic mass is 19.1. The van der Waals surface area contributed by atoms with Gasteiger partial charge < -0.3 is 14.6 Å². The van der Waals surface area contributed by atoms with E-state index >= 15 is 0 Å². The van der Waals surface area contributed by atoms with E-state index in [-0.39, 0.29) is 18.4 Å². The van der Waals surface area contributed by atoms with Gasteiger partial charge in [0.2, 0.25) is 5.91 Å². The Bertz CT molecular complexity index is 725. The van der Waals surface area contributed by atoms with Crippen molar-refractivity contribution in [1.82, 2.24) is 10.2 Å². The fourth-order valence-electron chi connectivity index (χ4n) is 2.39. The van der Waals surface area contributed by atoms with Crippen molar-refractivity contribution in [1.29, 1.82) is 0 Å². The third-order valence-electron chi connectivity index (χ3n) is 3.76. The second-order valence-electron chi connectivity index (χ2n) is 6.07. The SMILES string of the molecule is CC(C)[C@H](NC(=O)c1c(F)cccc1F)C(=O)N(C)Cc1ccco1. The number of carbonyl (C=O) groups excluding carboxylic acids is 2. The highest BCUT2D eigenvalue weighted by Crippen LogP contribution is 2.14. The van der Waals surface area contributed by atoms with Crippen molar-refractivity contribution in [2.45, 2.75) is 26.4 Å². The molecule has 0 aliphatic carbocycles. The lowest BCUT2D eigenvalue weighted by atomic mass is 10.0. The number of rotatable bonds is 6. The molecule has 2 rings (SSSR count). The van der Waals surface area contributed by atoms with E-state index in [1.165, 1.54) is 17.2 Å². The fraction of sp³-hybridized carbons (Fsp3) is 0.333. The summed E-state index contributed by atoms with van der Waals surface area (Å²) < 4.78 is 32.7. The van der Waals surface area contributed by atoms with Crippen LogP contribution in [-0.2, 0) is 11.3 Å². The predicted molar refractivity (Wildman–Crippen MR) is 87.6 cm³/mol. The summed E-state index contributed by atoms with van der Waals surface area (Å²) in [5.41, 5.74) is -0.699. The predicted octanol–water partition coefficient (Wildman–Crippen LogP) is 2.97. The molecule has 0 radical (unpaired) electrons. The number of furan rings is 1. The van der Waals surface area contributed by atoms with Gasteiger partial charge in [-0.3, -0.25) is 9.59 Å². The Balaban J connectivity index is 2.14. The molecule has 7 heteroatoms. The number of amides is 2. The minimum atomic E-state index is -0.976. The minimum absolute atomic E-state index is 0.221. The van der Waals surface area contributed by atoms with Crippen LogP contribution in [0.15, 0.2) is 41.0 Å². The van der Waals surface area contributed by atoms with E-state index in [9.17, 15) is 18.4 Å². The van der Waals surface area contributed by atoms with Crippen molar-refractivity contribution < 1.29 is 22.8 Å². The third kappa shape index (κ3) is 4.43. The van der Waals surface area contributed by atoms with Crippen LogP contribution in [0.5, 0.6) is 0 Å². The minimum Gasteiger partial charge on any atom is -0.467 e. The van der Waals surface area contributed by atoms with Gasteiger partial charge in [0, 0.05) is 7.05 Å². The Hall–Kier alpha value is -2.70. The van der Waals surface area contributed by atoms with Gasteiger partial charge in [0.05, 0.1) is 12.8 Å². The lowest BCUT2D eigenvalue weighted by Gasteiger charge is -2.26. The number of carbonyl (C=O) groups is 2. The molecule has 0 aliphatic heterocycles. The average molecular weight is 350 g/mol. The summed E-state index contributed by atoms with van der Waals surface area (Å²) in [5.74, 6) is -2.98. The molecule has 0 saturated heterocycles. The van der Waals surface area contributed by atoms with Crippen molar-refractivity contribution in [2.75, 3.05) is 7.05 Å². The zero-order valence-electron chi connectivity index (χ0n) is 14.3. The van der Waals surface area contributed by atoms with E-state index in [0.717, 1.165) is 12.1 Å². The van der Waals surface area contributed by atoms with Gasteiger partial charge in [0.1, 0.15) is 29.0 Å². The first-order valence-corrected chi connectivity index (χ1v) is 7.83. The monoisotopic (exact) mass is 350 g/mol. The Morgan fingerprint density at radius 1 is 1.16 bits per heavy atom. The van der Waals surface area contributed by atoms with Gasteiger partial charge in [-0.05, 0) is 30.2 Å². The van der Waals surface area contributed by atoms with Crippen LogP contribution in [0, 0.1) is 17.6 Å². The van der Waals surface area contributed by atoms with Crippen LogP contribution in [0.1, 0.15) is 30.0 Å². The van der Waals surface area contributed by atoms with E-state index in [1.807, 2.05) is 0 Å². The van der Waals surface area contributed by atoms with Crippen LogP contribution in [0.3, 0.4) is 0 Å². The van der Waals surface area contributed by atoms with Crippen molar-refractivity contribution in [3.63, 3.8) is 0 Å². The average Bonchev–Trinajstić information content (AvgIpc) is 3.04. The molecular formula is C18H20F2N2O3. The summed E-state index contributed by atoms with van der Waals surface area (Å²) in [6.07, 6.45) is 1.50. The summed E-state index contributed by atoms with van der Waals surface area (Å²) in [6.45, 7) is 3.70. The van der Waals surface area contributed by atoms with Gasteiger partial charge in [0.25, 0.3) is 5.91 Å². The molecule has 134 valence electrons. The summed E-state index contributed by atoms with van der Waals surface area (Å²) >= 11 is 0. The molecule has 1 N–H and O–H groups in total. The molecule has 0 aliphatic rings. The zero-order chi connectivity index (χ0) is 18.6. The molecule has 25 heavy (non-hydrogen) atoms. The van der Waals surface area contributed by atoms with Crippen molar-refractivity contribution in [3.05, 3.63) is 59.6 Å². The molecule has 0 bridgehead atoms. The normalized spacial score (nSPS) is 12.1. The Morgan fingerprint density at radius 3 is 2.32 bits per heavy atom. The van der Waals surface area contributed by atoms with Crippen LogP contribution < -0.4 is 5.32 Å². The molecule has 5 nitrogen and oxygen atoms in total. The quantitative estimate of drug-likeness (QED) is 0.871. The van der Waals surface area contributed by atoms with Gasteiger partial charge in [-0.1, -0.05) is 19.9 Å². The molecule has 1 heterocycles. The third-order valence-corrected chi connectivity index (χ3v) is 3.76. The van der Waals surface area contributed by atoms with E-state index in [2.05, 4.69) is 5.32 Å². The molecule has 0 fully saturated rings. The highest BCUT2D eigenvalue weighted by Gasteiger charge is 2.29. The maximum Gasteiger partial charge on any atom is 0.257 e. The van der Waals surface area contributed by atoms with Crippen molar-refractivity contribution in [2.24, 2.45) is 5.92 Å². The second kappa shape index (κ2) is 7.92. The highest BCUT2D eigenvalue weighted by molar-refractivity contribution is 5.98. The molecule has 2 amide bonds. The maximum absolute atomic E-state index is 13.8. The van der Waals surface area contributed by atoms with Crippen molar-refractivity contribution in [3.8, 4) is 0 Å². The summed E-state index contributed by atoms with van der Waals surface area (Å²) in [6, 6.07) is 5.66. The number of nitrogens with zero attached hydrogens (tertiary/aromatic N) is 1. The maximum atomic E-state index is 13.8. The molecule has 1 aromatic heterocycles. The van der Waals surface area contributed by atoms with Crippen LogP contribution in [0.4, 0.5) is 8.78 Å². The number of nitrogens with one attached hydrogen (secondary N) is 1. The number of hydrogen-bond donors (Lipinski definition) is 1. The molecule has 0 spiro atoms. The smallest absolute Gasteiger partial charge is 0.257 e. The first-order chi connectivity index (χ1) is 11.8. The van der Waals surface area contributed by atoms with E-state index in [0.29, 0.717) is 5.76 Å². The summed E-state index contributed by atoms with van der Waals surface area (Å²) in [7, 11) is 1.57. The molecule has 1 aromatic carbocycles. The zero-order valence-corrected chi connectivity index (χ0v) is 14.3. The van der Waals surface area contributed by atoms with Gasteiger partial charge in [-0.25, -0.2) is 8.78 Å². The Kier molecular flexibility index (Phi) is 5.90.